The predicted octanol–water partition coefficient (Wildman–Crippen LogP) is 3.85. The fourth-order valence-electron chi connectivity index (χ4n) is 3.61. The molecule has 1 fully saturated rings. The van der Waals surface area contributed by atoms with Crippen LogP contribution in [0.2, 0.25) is 5.02 Å². The van der Waals surface area contributed by atoms with E-state index < -0.39 is 0 Å². The molecule has 0 saturated carbocycles. The summed E-state index contributed by atoms with van der Waals surface area (Å²) >= 11 is 6.13. The fourth-order valence-corrected chi connectivity index (χ4v) is 3.78. The Morgan fingerprint density at radius 2 is 1.80 bits per heavy atom. The van der Waals surface area contributed by atoms with Crippen LogP contribution >= 0.6 is 11.6 Å². The lowest BCUT2D eigenvalue weighted by molar-refractivity contribution is -0.134. The van der Waals surface area contributed by atoms with Crippen molar-refractivity contribution >= 4 is 39.3 Å². The fraction of sp³-hybridized carbons (Fsp3) is 0.350. The molecule has 130 valence electrons. The highest BCUT2D eigenvalue weighted by atomic mass is 35.5. The second kappa shape index (κ2) is 6.36. The van der Waals surface area contributed by atoms with Gasteiger partial charge in [0.2, 0.25) is 5.91 Å². The van der Waals surface area contributed by atoms with Gasteiger partial charge in [-0.05, 0) is 43.8 Å². The molecule has 2 heterocycles. The number of benzene rings is 2. The van der Waals surface area contributed by atoms with Gasteiger partial charge in [0.1, 0.15) is 0 Å². The van der Waals surface area contributed by atoms with Crippen LogP contribution in [0.3, 0.4) is 0 Å². The van der Waals surface area contributed by atoms with E-state index in [4.69, 9.17) is 11.6 Å². The topological polar surface area (TPSA) is 39.3 Å². The van der Waals surface area contributed by atoms with Crippen LogP contribution in [0.1, 0.15) is 18.4 Å². The first kappa shape index (κ1) is 16.4. The van der Waals surface area contributed by atoms with Crippen molar-refractivity contribution in [2.75, 3.05) is 33.2 Å². The van der Waals surface area contributed by atoms with Crippen LogP contribution in [0.5, 0.6) is 0 Å². The van der Waals surface area contributed by atoms with E-state index in [0.717, 1.165) is 58.6 Å². The Morgan fingerprint density at radius 1 is 1.04 bits per heavy atom. The van der Waals surface area contributed by atoms with E-state index in [1.165, 1.54) is 0 Å². The third-order valence-corrected chi connectivity index (χ3v) is 5.51. The summed E-state index contributed by atoms with van der Waals surface area (Å²) in [6.45, 7) is 5.52. The molecule has 1 N–H and O–H groups in total. The van der Waals surface area contributed by atoms with Crippen molar-refractivity contribution in [1.82, 2.24) is 14.8 Å². The van der Waals surface area contributed by atoms with Crippen molar-refractivity contribution in [3.05, 3.63) is 47.0 Å². The minimum absolute atomic E-state index is 0.136. The quantitative estimate of drug-likeness (QED) is 0.758. The number of carbonyl (C=O) groups is 1. The first-order chi connectivity index (χ1) is 12.0. The number of likely N-dealkylation sites (N-methyl/N-ethyl adjacent to an activating group) is 1. The highest BCUT2D eigenvalue weighted by Crippen LogP contribution is 2.30. The molecule has 0 bridgehead atoms. The lowest BCUT2D eigenvalue weighted by atomic mass is 9.98. The zero-order valence-electron chi connectivity index (χ0n) is 14.6. The van der Waals surface area contributed by atoms with E-state index in [0.29, 0.717) is 0 Å². The van der Waals surface area contributed by atoms with Crippen molar-refractivity contribution < 1.29 is 4.79 Å². The summed E-state index contributed by atoms with van der Waals surface area (Å²) in [6, 6.07) is 12.1. The lowest BCUT2D eigenvalue weighted by Crippen LogP contribution is -2.48. The minimum Gasteiger partial charge on any atom is -0.355 e. The summed E-state index contributed by atoms with van der Waals surface area (Å²) < 4.78 is 0. The number of H-pyrrole nitrogens is 1. The van der Waals surface area contributed by atoms with Gasteiger partial charge in [-0.3, -0.25) is 4.79 Å². The number of aromatic amines is 1. The van der Waals surface area contributed by atoms with Crippen molar-refractivity contribution in [3.8, 4) is 0 Å². The predicted molar refractivity (Wildman–Crippen MR) is 103 cm³/mol. The zero-order valence-corrected chi connectivity index (χ0v) is 15.3. The van der Waals surface area contributed by atoms with Gasteiger partial charge in [-0.1, -0.05) is 23.7 Å². The highest BCUT2D eigenvalue weighted by Gasteiger charge is 2.25. The van der Waals surface area contributed by atoms with Crippen molar-refractivity contribution in [3.63, 3.8) is 0 Å². The maximum Gasteiger partial charge on any atom is 0.229 e. The van der Waals surface area contributed by atoms with Crippen molar-refractivity contribution in [1.29, 1.82) is 0 Å². The van der Waals surface area contributed by atoms with Crippen molar-refractivity contribution in [2.24, 2.45) is 0 Å². The summed E-state index contributed by atoms with van der Waals surface area (Å²) in [5.41, 5.74) is 3.16. The molecular formula is C20H22ClN3O. The van der Waals surface area contributed by atoms with Crippen LogP contribution in [0.25, 0.3) is 21.8 Å². The maximum absolute atomic E-state index is 12.8. The number of fused-ring (bicyclic) bond motifs is 3. The molecule has 25 heavy (non-hydrogen) atoms. The largest absolute Gasteiger partial charge is 0.355 e. The Morgan fingerprint density at radius 3 is 2.56 bits per heavy atom. The second-order valence-electron chi connectivity index (χ2n) is 6.97. The molecule has 4 rings (SSSR count). The van der Waals surface area contributed by atoms with Gasteiger partial charge >= 0.3 is 0 Å². The molecule has 0 spiro atoms. The van der Waals surface area contributed by atoms with Gasteiger partial charge in [0, 0.05) is 53.0 Å². The molecule has 5 heteroatoms. The average molecular weight is 356 g/mol. The normalized spacial score (nSPS) is 17.3. The molecule has 1 unspecified atom stereocenters. The Bertz CT molecular complexity index is 941. The molecular weight excluding hydrogens is 334 g/mol. The number of halogens is 1. The minimum atomic E-state index is -0.136. The van der Waals surface area contributed by atoms with Gasteiger partial charge < -0.3 is 14.8 Å². The van der Waals surface area contributed by atoms with Crippen molar-refractivity contribution in [2.45, 2.75) is 12.8 Å². The summed E-state index contributed by atoms with van der Waals surface area (Å²) in [5, 5.41) is 2.99. The maximum atomic E-state index is 12.8. The van der Waals surface area contributed by atoms with Crippen LogP contribution in [-0.4, -0.2) is 53.9 Å². The average Bonchev–Trinajstić information content (AvgIpc) is 2.98. The number of carbonyl (C=O) groups excluding carboxylic acids is 1. The molecule has 3 aromatic rings. The van der Waals surface area contributed by atoms with Gasteiger partial charge in [0.15, 0.2) is 0 Å². The van der Waals surface area contributed by atoms with Gasteiger partial charge in [-0.25, -0.2) is 0 Å². The van der Waals surface area contributed by atoms with E-state index in [1.807, 2.05) is 30.0 Å². The third kappa shape index (κ3) is 3.00. The molecule has 1 saturated heterocycles. The number of piperazine rings is 1. The molecule has 4 nitrogen and oxygen atoms in total. The Hall–Kier alpha value is -2.04. The Balaban J connectivity index is 1.64. The SMILES string of the molecule is CC(C(=O)N1CCN(C)CC1)c1ccc2c(c1)[nH]c1ccc(Cl)cc12. The number of rotatable bonds is 2. The smallest absolute Gasteiger partial charge is 0.229 e. The molecule has 1 atom stereocenters. The third-order valence-electron chi connectivity index (χ3n) is 5.27. The number of hydrogen-bond donors (Lipinski definition) is 1. The first-order valence-electron chi connectivity index (χ1n) is 8.71. The number of aromatic nitrogens is 1. The lowest BCUT2D eigenvalue weighted by Gasteiger charge is -2.34. The highest BCUT2D eigenvalue weighted by molar-refractivity contribution is 6.31. The summed E-state index contributed by atoms with van der Waals surface area (Å²) in [4.78, 5) is 20.5. The molecule has 0 aliphatic carbocycles. The van der Waals surface area contributed by atoms with Gasteiger partial charge in [-0.2, -0.15) is 0 Å². The summed E-state index contributed by atoms with van der Waals surface area (Å²) in [6.07, 6.45) is 0. The monoisotopic (exact) mass is 355 g/mol. The van der Waals surface area contributed by atoms with E-state index in [9.17, 15) is 4.79 Å². The molecule has 0 radical (unpaired) electrons. The number of hydrogen-bond acceptors (Lipinski definition) is 2. The summed E-state index contributed by atoms with van der Waals surface area (Å²) in [5.74, 6) is 0.0782. The van der Waals surface area contributed by atoms with Crippen LogP contribution in [0.15, 0.2) is 36.4 Å². The second-order valence-corrected chi connectivity index (χ2v) is 7.41. The molecule has 1 amide bonds. The molecule has 2 aromatic carbocycles. The van der Waals surface area contributed by atoms with Gasteiger partial charge in [0.05, 0.1) is 5.92 Å². The van der Waals surface area contributed by atoms with E-state index >= 15 is 0 Å². The van der Waals surface area contributed by atoms with Crippen LogP contribution in [-0.2, 0) is 4.79 Å². The number of nitrogens with one attached hydrogen (secondary N) is 1. The zero-order chi connectivity index (χ0) is 17.6. The van der Waals surface area contributed by atoms with Crippen LogP contribution in [0, 0.1) is 0 Å². The molecule has 1 aliphatic rings. The van der Waals surface area contributed by atoms with Gasteiger partial charge in [0.25, 0.3) is 0 Å². The summed E-state index contributed by atoms with van der Waals surface area (Å²) in [7, 11) is 2.10. The number of nitrogens with zero attached hydrogens (tertiary/aromatic N) is 2. The van der Waals surface area contributed by atoms with Gasteiger partial charge in [-0.15, -0.1) is 0 Å². The molecule has 1 aliphatic heterocycles. The standard InChI is InChI=1S/C20H22ClN3O/c1-13(20(25)24-9-7-23(2)8-10-24)14-3-5-16-17-12-15(21)4-6-18(17)22-19(16)11-14/h3-6,11-13,22H,7-10H2,1-2H3. The van der Waals surface area contributed by atoms with Crippen LogP contribution < -0.4 is 0 Å². The number of amides is 1. The van der Waals surface area contributed by atoms with E-state index in [1.54, 1.807) is 0 Å². The Labute approximate surface area is 152 Å². The first-order valence-corrected chi connectivity index (χ1v) is 9.09. The van der Waals surface area contributed by atoms with E-state index in [2.05, 4.69) is 35.1 Å². The van der Waals surface area contributed by atoms with E-state index in [-0.39, 0.29) is 11.8 Å². The van der Waals surface area contributed by atoms with Crippen LogP contribution in [0.4, 0.5) is 0 Å². The molecule has 1 aromatic heterocycles. The Kier molecular flexibility index (Phi) is 4.18.